The van der Waals surface area contributed by atoms with Gasteiger partial charge >= 0.3 is 0 Å². The number of nitrogens with two attached hydrogens (primary N) is 1. The van der Waals surface area contributed by atoms with Gasteiger partial charge in [-0.05, 0) is 36.7 Å². The van der Waals surface area contributed by atoms with Crippen LogP contribution in [0, 0.1) is 0 Å². The summed E-state index contributed by atoms with van der Waals surface area (Å²) < 4.78 is 33.6. The summed E-state index contributed by atoms with van der Waals surface area (Å²) in [6.45, 7) is 5.55. The van der Waals surface area contributed by atoms with Crippen LogP contribution in [0.1, 0.15) is 11.1 Å². The van der Waals surface area contributed by atoms with E-state index in [0.717, 1.165) is 32.6 Å². The van der Waals surface area contributed by atoms with Gasteiger partial charge in [0.1, 0.15) is 10.6 Å². The van der Waals surface area contributed by atoms with Gasteiger partial charge in [-0.2, -0.15) is 0 Å². The molecule has 0 saturated carbocycles. The fraction of sp³-hybridized carbons (Fsp3) is 0.519. The molecule has 1 amide bonds. The smallest absolute Gasteiger partial charge is 0.257 e. The van der Waals surface area contributed by atoms with Crippen LogP contribution in [0.5, 0.6) is 5.75 Å². The van der Waals surface area contributed by atoms with Crippen molar-refractivity contribution in [1.82, 2.24) is 19.4 Å². The molecular formula is C27H40N6O4S. The first kappa shape index (κ1) is 28.3. The highest BCUT2D eigenvalue weighted by molar-refractivity contribution is 7.89. The van der Waals surface area contributed by atoms with E-state index < -0.39 is 10.0 Å². The minimum Gasteiger partial charge on any atom is -0.482 e. The third-order valence-corrected chi connectivity index (χ3v) is 9.05. The lowest BCUT2D eigenvalue weighted by atomic mass is 9.99. The molecule has 0 spiro atoms. The molecule has 2 aromatic carbocycles. The van der Waals surface area contributed by atoms with Gasteiger partial charge in [-0.1, -0.05) is 30.3 Å². The summed E-state index contributed by atoms with van der Waals surface area (Å²) in [5.41, 5.74) is 9.62. The maximum atomic E-state index is 13.3. The molecule has 2 aromatic rings. The number of nitrogens with one attached hydrogen (secondary N) is 1. The number of hydrogen-bond donors (Lipinski definition) is 2. The third kappa shape index (κ3) is 6.83. The van der Waals surface area contributed by atoms with Crippen LogP contribution in [-0.4, -0.2) is 108 Å². The monoisotopic (exact) mass is 544 g/mol. The van der Waals surface area contributed by atoms with Crippen molar-refractivity contribution >= 4 is 21.6 Å². The van der Waals surface area contributed by atoms with Crippen LogP contribution >= 0.6 is 0 Å². The molecule has 208 valence electrons. The van der Waals surface area contributed by atoms with Crippen LogP contribution in [-0.2, 0) is 27.8 Å². The van der Waals surface area contributed by atoms with Crippen molar-refractivity contribution in [2.45, 2.75) is 23.9 Å². The van der Waals surface area contributed by atoms with E-state index in [1.54, 1.807) is 18.2 Å². The van der Waals surface area contributed by atoms with Crippen LogP contribution in [0.2, 0.25) is 0 Å². The zero-order valence-corrected chi connectivity index (χ0v) is 23.4. The van der Waals surface area contributed by atoms with Crippen molar-refractivity contribution in [2.75, 3.05) is 78.5 Å². The summed E-state index contributed by atoms with van der Waals surface area (Å²) in [6.07, 6.45) is 0.995. The first-order chi connectivity index (χ1) is 18.1. The van der Waals surface area contributed by atoms with Crippen molar-refractivity contribution in [1.29, 1.82) is 0 Å². The molecule has 1 fully saturated rings. The van der Waals surface area contributed by atoms with Gasteiger partial charge in [-0.3, -0.25) is 9.69 Å². The van der Waals surface area contributed by atoms with E-state index in [1.165, 1.54) is 29.5 Å². The number of carbonyl (C=O) groups is 1. The van der Waals surface area contributed by atoms with Gasteiger partial charge in [-0.25, -0.2) is 12.7 Å². The summed E-state index contributed by atoms with van der Waals surface area (Å²) >= 11 is 0. The minimum atomic E-state index is -3.82. The molecule has 2 aliphatic heterocycles. The highest BCUT2D eigenvalue weighted by atomic mass is 32.2. The van der Waals surface area contributed by atoms with Crippen molar-refractivity contribution in [3.05, 3.63) is 53.6 Å². The summed E-state index contributed by atoms with van der Waals surface area (Å²) in [5.74, 6) is -0.177. The lowest BCUT2D eigenvalue weighted by Crippen LogP contribution is -2.47. The van der Waals surface area contributed by atoms with E-state index in [-0.39, 0.29) is 29.2 Å². The van der Waals surface area contributed by atoms with Crippen LogP contribution in [0.4, 0.5) is 5.69 Å². The van der Waals surface area contributed by atoms with Crippen molar-refractivity contribution in [2.24, 2.45) is 5.73 Å². The Morgan fingerprint density at radius 3 is 2.47 bits per heavy atom. The Morgan fingerprint density at radius 2 is 1.76 bits per heavy atom. The number of benzene rings is 2. The van der Waals surface area contributed by atoms with Gasteiger partial charge in [0.05, 0.1) is 5.69 Å². The highest BCUT2D eigenvalue weighted by Crippen LogP contribution is 2.36. The number of carbonyl (C=O) groups excluding carboxylic acids is 1. The van der Waals surface area contributed by atoms with Gasteiger partial charge < -0.3 is 25.6 Å². The molecule has 10 nitrogen and oxygen atoms in total. The zero-order chi connectivity index (χ0) is 27.3. The van der Waals surface area contributed by atoms with Crippen molar-refractivity contribution in [3.8, 4) is 5.75 Å². The van der Waals surface area contributed by atoms with E-state index in [0.29, 0.717) is 31.9 Å². The van der Waals surface area contributed by atoms with Crippen LogP contribution < -0.4 is 20.7 Å². The van der Waals surface area contributed by atoms with Crippen LogP contribution in [0.25, 0.3) is 0 Å². The van der Waals surface area contributed by atoms with E-state index in [2.05, 4.69) is 44.3 Å². The fourth-order valence-corrected chi connectivity index (χ4v) is 6.11. The molecule has 3 N–H and O–H groups in total. The summed E-state index contributed by atoms with van der Waals surface area (Å²) in [6, 6.07) is 13.4. The number of sulfonamides is 1. The maximum absolute atomic E-state index is 13.3. The number of piperazine rings is 1. The van der Waals surface area contributed by atoms with E-state index in [1.807, 2.05) is 7.05 Å². The number of amides is 1. The number of hydrogen-bond acceptors (Lipinski definition) is 8. The van der Waals surface area contributed by atoms with Gasteiger partial charge in [0, 0.05) is 72.5 Å². The average molecular weight is 545 g/mol. The van der Waals surface area contributed by atoms with Gasteiger partial charge in [0.2, 0.25) is 10.0 Å². The van der Waals surface area contributed by atoms with E-state index in [4.69, 9.17) is 10.5 Å². The number of fused-ring (bicyclic) bond motifs is 1. The highest BCUT2D eigenvalue weighted by Gasteiger charge is 2.30. The fourth-order valence-electron chi connectivity index (χ4n) is 4.90. The Balaban J connectivity index is 1.35. The molecule has 0 bridgehead atoms. The first-order valence-corrected chi connectivity index (χ1v) is 14.5. The Kier molecular flexibility index (Phi) is 9.27. The molecule has 2 heterocycles. The van der Waals surface area contributed by atoms with E-state index >= 15 is 0 Å². The molecule has 1 atom stereocenters. The summed E-state index contributed by atoms with van der Waals surface area (Å²) in [7, 11) is 1.22. The Morgan fingerprint density at radius 1 is 1.05 bits per heavy atom. The average Bonchev–Trinajstić information content (AvgIpc) is 2.90. The topological polar surface area (TPSA) is 111 Å². The molecule has 38 heavy (non-hydrogen) atoms. The second kappa shape index (κ2) is 12.4. The van der Waals surface area contributed by atoms with Gasteiger partial charge in [0.25, 0.3) is 5.91 Å². The van der Waals surface area contributed by atoms with Crippen LogP contribution in [0.3, 0.4) is 0 Å². The largest absolute Gasteiger partial charge is 0.482 e. The first-order valence-electron chi connectivity index (χ1n) is 13.1. The van der Waals surface area contributed by atoms with Crippen molar-refractivity contribution in [3.63, 3.8) is 0 Å². The second-order valence-corrected chi connectivity index (χ2v) is 12.4. The van der Waals surface area contributed by atoms with E-state index in [9.17, 15) is 13.2 Å². The number of nitrogens with zero attached hydrogens (tertiary/aromatic N) is 4. The van der Waals surface area contributed by atoms with Crippen LogP contribution in [0.15, 0.2) is 47.4 Å². The van der Waals surface area contributed by atoms with Gasteiger partial charge in [-0.15, -0.1) is 0 Å². The predicted octanol–water partition coefficient (Wildman–Crippen LogP) is 0.569. The zero-order valence-electron chi connectivity index (χ0n) is 22.6. The molecule has 0 unspecified atom stereocenters. The quantitative estimate of drug-likeness (QED) is 0.447. The predicted molar refractivity (Wildman–Crippen MR) is 149 cm³/mol. The molecule has 0 aromatic heterocycles. The molecule has 4 rings (SSSR count). The third-order valence-electron chi connectivity index (χ3n) is 7.16. The van der Waals surface area contributed by atoms with Gasteiger partial charge in [0.15, 0.2) is 6.61 Å². The molecule has 0 aliphatic carbocycles. The molecule has 1 saturated heterocycles. The number of anilines is 1. The summed E-state index contributed by atoms with van der Waals surface area (Å²) in [4.78, 5) is 19.3. The molecule has 11 heteroatoms. The second-order valence-electron chi connectivity index (χ2n) is 10.3. The van der Waals surface area contributed by atoms with Crippen molar-refractivity contribution < 1.29 is 17.9 Å². The SMILES string of the molecule is CN1CCN(c2cccc(OCC(=O)NC[C@@H](N)CN3CCc4ccccc4C3)c2S(=O)(=O)N(C)C)CC1. The molecule has 2 aliphatic rings. The minimum absolute atomic E-state index is 0.0874. The Hall–Kier alpha value is -2.70. The lowest BCUT2D eigenvalue weighted by molar-refractivity contribution is -0.123. The Labute approximate surface area is 226 Å². The Bertz CT molecular complexity index is 1210. The lowest BCUT2D eigenvalue weighted by Gasteiger charge is -2.35. The molecule has 0 radical (unpaired) electrons. The number of rotatable bonds is 10. The standard InChI is InChI=1S/C27H40N6O4S/c1-30(2)38(35,36)27-24(33-15-13-31(3)14-16-33)9-6-10-25(27)37-20-26(34)29-17-23(28)19-32-12-11-21-7-4-5-8-22(21)18-32/h4-10,23H,11-20,28H2,1-3H3,(H,29,34)/t23-/m1/s1. The normalized spacial score (nSPS) is 17.8. The maximum Gasteiger partial charge on any atom is 0.257 e. The number of likely N-dealkylation sites (N-methyl/N-ethyl adjacent to an activating group) is 1. The number of ether oxygens (including phenoxy) is 1. The summed E-state index contributed by atoms with van der Waals surface area (Å²) in [5, 5.41) is 2.83. The molecular weight excluding hydrogens is 504 g/mol.